The van der Waals surface area contributed by atoms with Crippen LogP contribution >= 0.6 is 11.6 Å². The fourth-order valence-corrected chi connectivity index (χ4v) is 2.07. The number of benzene rings is 1. The summed E-state index contributed by atoms with van der Waals surface area (Å²) in [6, 6.07) is 7.21. The predicted molar refractivity (Wildman–Crippen MR) is 61.6 cm³/mol. The Hall–Kier alpha value is -1.10. The predicted octanol–water partition coefficient (Wildman–Crippen LogP) is 2.32. The molecule has 4 nitrogen and oxygen atoms in total. The molecule has 92 valence electrons. The van der Waals surface area contributed by atoms with Gasteiger partial charge in [0, 0.05) is 10.6 Å². The normalized spacial score (nSPS) is 28.1. The van der Waals surface area contributed by atoms with Crippen LogP contribution in [-0.2, 0) is 19.0 Å². The van der Waals surface area contributed by atoms with E-state index in [4.69, 9.17) is 21.1 Å². The largest absolute Gasteiger partial charge is 0.467 e. The van der Waals surface area contributed by atoms with Crippen molar-refractivity contribution in [3.63, 3.8) is 0 Å². The highest BCUT2D eigenvalue weighted by molar-refractivity contribution is 6.31. The highest BCUT2D eigenvalue weighted by atomic mass is 35.5. The lowest BCUT2D eigenvalue weighted by Gasteiger charge is -2.16. The standard InChI is InChI=1S/C12H13ClO4/c1-7-16-10(11(17-7)12(14)15-2)8-5-3-4-6-9(8)13/h3-7,10-11H,1-2H3/t7-,10-,11-/m0/s1. The zero-order chi connectivity index (χ0) is 12.4. The van der Waals surface area contributed by atoms with Crippen LogP contribution in [0.15, 0.2) is 24.3 Å². The van der Waals surface area contributed by atoms with Gasteiger partial charge in [0.25, 0.3) is 0 Å². The Morgan fingerprint density at radius 1 is 1.35 bits per heavy atom. The van der Waals surface area contributed by atoms with E-state index in [1.807, 2.05) is 18.2 Å². The fourth-order valence-electron chi connectivity index (χ4n) is 1.83. The number of carbonyl (C=O) groups excluding carboxylic acids is 1. The maximum Gasteiger partial charge on any atom is 0.338 e. The van der Waals surface area contributed by atoms with E-state index in [-0.39, 0.29) is 0 Å². The minimum absolute atomic E-state index is 0.458. The van der Waals surface area contributed by atoms with E-state index in [0.717, 1.165) is 5.56 Å². The molecule has 3 atom stereocenters. The summed E-state index contributed by atoms with van der Waals surface area (Å²) < 4.78 is 15.6. The second-order valence-electron chi connectivity index (χ2n) is 3.73. The van der Waals surface area contributed by atoms with Gasteiger partial charge in [-0.15, -0.1) is 0 Å². The average Bonchev–Trinajstić information content (AvgIpc) is 2.71. The van der Waals surface area contributed by atoms with E-state index in [0.29, 0.717) is 5.02 Å². The number of hydrogen-bond acceptors (Lipinski definition) is 4. The zero-order valence-corrected chi connectivity index (χ0v) is 10.3. The molecule has 0 unspecified atom stereocenters. The first-order chi connectivity index (χ1) is 8.13. The fraction of sp³-hybridized carbons (Fsp3) is 0.417. The van der Waals surface area contributed by atoms with E-state index in [9.17, 15) is 4.79 Å². The minimum atomic E-state index is -0.769. The van der Waals surface area contributed by atoms with Gasteiger partial charge in [-0.25, -0.2) is 4.79 Å². The molecule has 1 fully saturated rings. The van der Waals surface area contributed by atoms with Crippen LogP contribution in [0.25, 0.3) is 0 Å². The number of ether oxygens (including phenoxy) is 3. The molecule has 1 aromatic carbocycles. The van der Waals surface area contributed by atoms with Crippen molar-refractivity contribution in [3.05, 3.63) is 34.9 Å². The molecule has 0 spiro atoms. The van der Waals surface area contributed by atoms with Crippen molar-refractivity contribution in [1.29, 1.82) is 0 Å². The molecule has 1 heterocycles. The quantitative estimate of drug-likeness (QED) is 0.762. The second-order valence-corrected chi connectivity index (χ2v) is 4.13. The summed E-state index contributed by atoms with van der Waals surface area (Å²) in [5.74, 6) is -0.459. The van der Waals surface area contributed by atoms with Gasteiger partial charge in [0.2, 0.25) is 0 Å². The summed E-state index contributed by atoms with van der Waals surface area (Å²) in [6.07, 6.45) is -1.75. The number of halogens is 1. The number of esters is 1. The van der Waals surface area contributed by atoms with Crippen LogP contribution in [0.3, 0.4) is 0 Å². The molecule has 0 N–H and O–H groups in total. The van der Waals surface area contributed by atoms with Crippen molar-refractivity contribution in [1.82, 2.24) is 0 Å². The molecule has 2 rings (SSSR count). The molecular formula is C12H13ClO4. The van der Waals surface area contributed by atoms with Crippen molar-refractivity contribution < 1.29 is 19.0 Å². The number of rotatable bonds is 2. The summed E-state index contributed by atoms with van der Waals surface area (Å²) in [5.41, 5.74) is 0.730. The molecule has 1 aromatic rings. The first-order valence-corrected chi connectivity index (χ1v) is 5.64. The van der Waals surface area contributed by atoms with Gasteiger partial charge in [-0.3, -0.25) is 0 Å². The Morgan fingerprint density at radius 2 is 2.06 bits per heavy atom. The van der Waals surface area contributed by atoms with Crippen LogP contribution in [-0.4, -0.2) is 25.5 Å². The molecule has 0 amide bonds. The van der Waals surface area contributed by atoms with Crippen molar-refractivity contribution in [2.24, 2.45) is 0 Å². The lowest BCUT2D eigenvalue weighted by Crippen LogP contribution is -2.27. The smallest absolute Gasteiger partial charge is 0.338 e. The molecule has 0 radical (unpaired) electrons. The Kier molecular flexibility index (Phi) is 3.66. The lowest BCUT2D eigenvalue weighted by molar-refractivity contribution is -0.153. The van der Waals surface area contributed by atoms with Crippen LogP contribution < -0.4 is 0 Å². The van der Waals surface area contributed by atoms with Crippen LogP contribution in [0.1, 0.15) is 18.6 Å². The van der Waals surface area contributed by atoms with E-state index in [1.54, 1.807) is 13.0 Å². The topological polar surface area (TPSA) is 44.8 Å². The Morgan fingerprint density at radius 3 is 2.71 bits per heavy atom. The van der Waals surface area contributed by atoms with Gasteiger partial charge < -0.3 is 14.2 Å². The minimum Gasteiger partial charge on any atom is -0.467 e. The molecule has 1 saturated heterocycles. The van der Waals surface area contributed by atoms with Crippen molar-refractivity contribution >= 4 is 17.6 Å². The summed E-state index contributed by atoms with van der Waals surface area (Å²) in [4.78, 5) is 11.6. The third-order valence-electron chi connectivity index (χ3n) is 2.60. The molecular weight excluding hydrogens is 244 g/mol. The number of hydrogen-bond donors (Lipinski definition) is 0. The van der Waals surface area contributed by atoms with Crippen molar-refractivity contribution in [2.75, 3.05) is 7.11 Å². The summed E-state index contributed by atoms with van der Waals surface area (Å²) in [7, 11) is 1.32. The van der Waals surface area contributed by atoms with Gasteiger partial charge >= 0.3 is 5.97 Å². The first-order valence-electron chi connectivity index (χ1n) is 5.26. The maximum atomic E-state index is 11.6. The Balaban J connectivity index is 2.30. The lowest BCUT2D eigenvalue weighted by atomic mass is 10.0. The van der Waals surface area contributed by atoms with Gasteiger partial charge in [0.15, 0.2) is 12.4 Å². The monoisotopic (exact) mass is 256 g/mol. The Bertz CT molecular complexity index is 421. The highest BCUT2D eigenvalue weighted by Crippen LogP contribution is 2.36. The van der Waals surface area contributed by atoms with Gasteiger partial charge in [-0.1, -0.05) is 29.8 Å². The van der Waals surface area contributed by atoms with Gasteiger partial charge in [0.05, 0.1) is 7.11 Å². The summed E-state index contributed by atoms with van der Waals surface area (Å²) in [5, 5.41) is 0.545. The molecule has 17 heavy (non-hydrogen) atoms. The summed E-state index contributed by atoms with van der Waals surface area (Å²) in [6.45, 7) is 1.73. The van der Waals surface area contributed by atoms with E-state index in [2.05, 4.69) is 4.74 Å². The van der Waals surface area contributed by atoms with Gasteiger partial charge in [-0.05, 0) is 13.0 Å². The van der Waals surface area contributed by atoms with Crippen molar-refractivity contribution in [3.8, 4) is 0 Å². The zero-order valence-electron chi connectivity index (χ0n) is 9.55. The van der Waals surface area contributed by atoms with Crippen LogP contribution in [0, 0.1) is 0 Å². The van der Waals surface area contributed by atoms with Crippen LogP contribution in [0.4, 0.5) is 0 Å². The van der Waals surface area contributed by atoms with Gasteiger partial charge in [0.1, 0.15) is 6.10 Å². The second kappa shape index (κ2) is 5.04. The van der Waals surface area contributed by atoms with Crippen molar-refractivity contribution in [2.45, 2.75) is 25.4 Å². The third kappa shape index (κ3) is 2.44. The molecule has 0 saturated carbocycles. The number of carbonyl (C=O) groups is 1. The maximum absolute atomic E-state index is 11.6. The molecule has 1 aliphatic heterocycles. The molecule has 0 aliphatic carbocycles. The molecule has 0 aromatic heterocycles. The third-order valence-corrected chi connectivity index (χ3v) is 2.94. The summed E-state index contributed by atoms with van der Waals surface area (Å²) >= 11 is 6.08. The molecule has 0 bridgehead atoms. The highest BCUT2D eigenvalue weighted by Gasteiger charge is 2.41. The van der Waals surface area contributed by atoms with Crippen LogP contribution in [0.2, 0.25) is 5.02 Å². The van der Waals surface area contributed by atoms with Crippen LogP contribution in [0.5, 0.6) is 0 Å². The first kappa shape index (κ1) is 12.4. The van der Waals surface area contributed by atoms with E-state index in [1.165, 1.54) is 7.11 Å². The molecule has 1 aliphatic rings. The molecule has 5 heteroatoms. The Labute approximate surface area is 104 Å². The van der Waals surface area contributed by atoms with Gasteiger partial charge in [-0.2, -0.15) is 0 Å². The van der Waals surface area contributed by atoms with E-state index >= 15 is 0 Å². The number of methoxy groups -OCH3 is 1. The average molecular weight is 257 g/mol. The van der Waals surface area contributed by atoms with E-state index < -0.39 is 24.5 Å². The SMILES string of the molecule is COC(=O)[C@H]1O[C@@H](C)O[C@H]1c1ccccc1Cl.